The molecule has 4 rings (SSSR count). The van der Waals surface area contributed by atoms with E-state index in [1.807, 2.05) is 20.8 Å². The van der Waals surface area contributed by atoms with Gasteiger partial charge in [0.2, 0.25) is 5.91 Å². The van der Waals surface area contributed by atoms with E-state index >= 15 is 0 Å². The molecule has 286 valence electrons. The molecule has 0 radical (unpaired) electrons. The number of alkyl carbamates (subject to hydrolysis) is 1. The first-order chi connectivity index (χ1) is 23.4. The smallest absolute Gasteiger partial charge is 0.407 e. The zero-order valence-electron chi connectivity index (χ0n) is 29.1. The lowest BCUT2D eigenvalue weighted by atomic mass is 10.0. The summed E-state index contributed by atoms with van der Waals surface area (Å²) in [7, 11) is -6.41. The van der Waals surface area contributed by atoms with Crippen molar-refractivity contribution in [2.75, 3.05) is 24.6 Å². The molecule has 50 heavy (non-hydrogen) atoms. The van der Waals surface area contributed by atoms with Gasteiger partial charge in [0.05, 0.1) is 46.2 Å². The van der Waals surface area contributed by atoms with Crippen LogP contribution in [0.15, 0.2) is 0 Å². The molecule has 0 aromatic heterocycles. The van der Waals surface area contributed by atoms with Crippen molar-refractivity contribution in [2.45, 2.75) is 138 Å². The van der Waals surface area contributed by atoms with E-state index in [0.717, 1.165) is 25.7 Å². The van der Waals surface area contributed by atoms with Gasteiger partial charge in [-0.3, -0.25) is 9.59 Å². The Morgan fingerprint density at radius 1 is 0.700 bits per heavy atom. The van der Waals surface area contributed by atoms with Gasteiger partial charge in [-0.05, 0) is 59.3 Å². The highest BCUT2D eigenvalue weighted by Crippen LogP contribution is 2.29. The van der Waals surface area contributed by atoms with Gasteiger partial charge < -0.3 is 41.7 Å². The molecule has 19 heteroatoms. The zero-order valence-corrected chi connectivity index (χ0v) is 30.8. The van der Waals surface area contributed by atoms with Crippen LogP contribution in [0.4, 0.5) is 14.4 Å². The van der Waals surface area contributed by atoms with Crippen LogP contribution in [0.2, 0.25) is 0 Å². The number of hydrogen-bond acceptors (Lipinski definition) is 10. The summed E-state index contributed by atoms with van der Waals surface area (Å²) >= 11 is 0. The van der Waals surface area contributed by atoms with Gasteiger partial charge >= 0.3 is 24.1 Å². The summed E-state index contributed by atoms with van der Waals surface area (Å²) in [5.41, 5.74) is -0.495. The largest absolute Gasteiger partial charge is 0.481 e. The minimum absolute atomic E-state index is 0.0153. The van der Waals surface area contributed by atoms with E-state index < -0.39 is 47.8 Å². The predicted molar refractivity (Wildman–Crippen MR) is 184 cm³/mol. The normalized spacial score (nSPS) is 26.9. The molecule has 0 aromatic rings. The standard InChI is InChI=1S/C21H38N4O6S.C10H16N2O5S/c1-21(2,3)31-20(28)23-13-9-5-4-8-12-22-17(26)11-7-6-10-16-18-15(14-32(16,29)30)24-19(27)25-18;13-8(14)4-2-1-3-7-9-6(5-18(7,16)17)11-10(15)12-9/h15-16,18H,4-14H2,1-3H3,(H,22,26)(H,23,28)(H2,24,25,27);6-7,9H,1-5H2,(H,13,14)(H2,11,12,15)/t15?,16-,18-;6?,7-,9-/m00/s1. The highest BCUT2D eigenvalue weighted by atomic mass is 32.2. The molecule has 6 amide bonds. The van der Waals surface area contributed by atoms with Crippen molar-refractivity contribution < 1.29 is 50.7 Å². The van der Waals surface area contributed by atoms with Crippen LogP contribution in [-0.4, -0.2) is 117 Å². The number of ether oxygens (including phenoxy) is 1. The Hall–Kier alpha value is -3.35. The molecule has 17 nitrogen and oxygen atoms in total. The molecule has 0 aromatic carbocycles. The monoisotopic (exact) mass is 750 g/mol. The molecule has 0 bridgehead atoms. The lowest BCUT2D eigenvalue weighted by Crippen LogP contribution is -2.39. The summed E-state index contributed by atoms with van der Waals surface area (Å²) in [5, 5.41) is 23.5. The summed E-state index contributed by atoms with van der Waals surface area (Å²) in [6, 6.07) is -2.04. The van der Waals surface area contributed by atoms with Crippen molar-refractivity contribution in [3.8, 4) is 0 Å². The third kappa shape index (κ3) is 13.1. The van der Waals surface area contributed by atoms with Crippen LogP contribution in [0.5, 0.6) is 0 Å². The van der Waals surface area contributed by atoms with Gasteiger partial charge in [0.1, 0.15) is 5.60 Å². The van der Waals surface area contributed by atoms with Crippen LogP contribution >= 0.6 is 0 Å². The topological polar surface area (TPSA) is 255 Å². The first-order valence-corrected chi connectivity index (χ1v) is 20.8. The lowest BCUT2D eigenvalue weighted by molar-refractivity contribution is -0.137. The minimum atomic E-state index is -3.22. The number of nitrogens with one attached hydrogen (secondary N) is 6. The van der Waals surface area contributed by atoms with E-state index in [2.05, 4.69) is 31.9 Å². The van der Waals surface area contributed by atoms with Crippen molar-refractivity contribution in [1.29, 1.82) is 0 Å². The van der Waals surface area contributed by atoms with E-state index in [9.17, 15) is 40.8 Å². The highest BCUT2D eigenvalue weighted by molar-refractivity contribution is 7.92. The van der Waals surface area contributed by atoms with Gasteiger partial charge in [-0.1, -0.05) is 25.7 Å². The molecule has 4 fully saturated rings. The molecule has 4 aliphatic rings. The molecule has 0 spiro atoms. The quantitative estimate of drug-likeness (QED) is 0.0818. The summed E-state index contributed by atoms with van der Waals surface area (Å²) in [6.07, 6.45) is 6.74. The maximum atomic E-state index is 12.3. The summed E-state index contributed by atoms with van der Waals surface area (Å²) < 4.78 is 53.5. The van der Waals surface area contributed by atoms with Crippen LogP contribution in [-0.2, 0) is 34.0 Å². The molecular weight excluding hydrogens is 697 g/mol. The van der Waals surface area contributed by atoms with Crippen molar-refractivity contribution in [2.24, 2.45) is 0 Å². The van der Waals surface area contributed by atoms with Gasteiger partial charge in [0, 0.05) is 25.9 Å². The first-order valence-electron chi connectivity index (χ1n) is 17.4. The van der Waals surface area contributed by atoms with E-state index in [0.29, 0.717) is 58.0 Å². The highest BCUT2D eigenvalue weighted by Gasteiger charge is 2.52. The van der Waals surface area contributed by atoms with E-state index in [1.54, 1.807) is 0 Å². The number of urea groups is 2. The number of aliphatic carboxylic acids is 1. The maximum absolute atomic E-state index is 12.3. The fourth-order valence-electron chi connectivity index (χ4n) is 6.69. The second-order valence-electron chi connectivity index (χ2n) is 14.3. The third-order valence-electron chi connectivity index (χ3n) is 9.01. The van der Waals surface area contributed by atoms with E-state index in [-0.39, 0.29) is 60.1 Å². The summed E-state index contributed by atoms with van der Waals surface area (Å²) in [6.45, 7) is 6.65. The molecular formula is C31H54N6O11S2. The Balaban J connectivity index is 0.000000316. The average Bonchev–Trinajstić information content (AvgIpc) is 3.64. The summed E-state index contributed by atoms with van der Waals surface area (Å²) in [4.78, 5) is 56.4. The number of rotatable bonds is 17. The van der Waals surface area contributed by atoms with Crippen LogP contribution < -0.4 is 31.9 Å². The molecule has 4 aliphatic heterocycles. The molecule has 2 unspecified atom stereocenters. The van der Waals surface area contributed by atoms with Crippen molar-refractivity contribution in [1.82, 2.24) is 31.9 Å². The second kappa shape index (κ2) is 18.2. The number of amides is 6. The number of unbranched alkanes of at least 4 members (excludes halogenated alkanes) is 5. The fraction of sp³-hybridized carbons (Fsp3) is 0.839. The van der Waals surface area contributed by atoms with Gasteiger partial charge in [0.25, 0.3) is 0 Å². The van der Waals surface area contributed by atoms with E-state index in [1.165, 1.54) is 0 Å². The minimum Gasteiger partial charge on any atom is -0.481 e. The number of fused-ring (bicyclic) bond motifs is 2. The van der Waals surface area contributed by atoms with Gasteiger partial charge in [-0.15, -0.1) is 0 Å². The fourth-order valence-corrected chi connectivity index (χ4v) is 11.2. The Bertz CT molecular complexity index is 1430. The SMILES string of the molecule is CC(C)(C)OC(=O)NCCCCCCNC(=O)CCCC[C@H]1[C@H]2NC(=O)NC2CS1(=O)=O.O=C(O)CCCC[C@H]1[C@H]2NC(=O)NC2CS1(=O)=O. The number of carboxylic acids is 1. The predicted octanol–water partition coefficient (Wildman–Crippen LogP) is 1.07. The Labute approximate surface area is 294 Å². The third-order valence-corrected chi connectivity index (χ3v) is 13.6. The van der Waals surface area contributed by atoms with Gasteiger partial charge in [-0.25, -0.2) is 31.2 Å². The number of carbonyl (C=O) groups excluding carboxylic acids is 4. The molecule has 0 saturated carbocycles. The van der Waals surface area contributed by atoms with E-state index in [4.69, 9.17) is 9.84 Å². The Kier molecular flexibility index (Phi) is 15.0. The Morgan fingerprint density at radius 3 is 1.62 bits per heavy atom. The Morgan fingerprint density at radius 2 is 1.16 bits per heavy atom. The maximum Gasteiger partial charge on any atom is 0.407 e. The van der Waals surface area contributed by atoms with Crippen LogP contribution in [0.1, 0.15) is 97.8 Å². The molecule has 6 atom stereocenters. The average molecular weight is 751 g/mol. The number of carbonyl (C=O) groups is 5. The summed E-state index contributed by atoms with van der Waals surface area (Å²) in [5.74, 6) is -0.948. The van der Waals surface area contributed by atoms with Crippen molar-refractivity contribution >= 4 is 49.7 Å². The first kappa shape index (κ1) is 41.1. The molecule has 4 saturated heterocycles. The molecule has 4 heterocycles. The lowest BCUT2D eigenvalue weighted by Gasteiger charge is -2.19. The van der Waals surface area contributed by atoms with Crippen LogP contribution in [0.3, 0.4) is 0 Å². The number of hydrogen-bond donors (Lipinski definition) is 7. The zero-order chi connectivity index (χ0) is 37.1. The van der Waals surface area contributed by atoms with Crippen LogP contribution in [0, 0.1) is 0 Å². The van der Waals surface area contributed by atoms with Crippen molar-refractivity contribution in [3.05, 3.63) is 0 Å². The molecule has 7 N–H and O–H groups in total. The molecule has 0 aliphatic carbocycles. The number of sulfone groups is 2. The van der Waals surface area contributed by atoms with Crippen LogP contribution in [0.25, 0.3) is 0 Å². The number of carboxylic acid groups (broad SMARTS) is 1. The van der Waals surface area contributed by atoms with Crippen molar-refractivity contribution in [3.63, 3.8) is 0 Å². The van der Waals surface area contributed by atoms with Gasteiger partial charge in [-0.2, -0.15) is 0 Å². The second-order valence-corrected chi connectivity index (χ2v) is 18.8. The van der Waals surface area contributed by atoms with Gasteiger partial charge in [0.15, 0.2) is 19.7 Å².